The maximum atomic E-state index is 13.6. The first-order valence-corrected chi connectivity index (χ1v) is 9.23. The number of Topliss-reactive ketones (excluding diaryl/α,β-unsaturated/α-hetero) is 1. The van der Waals surface area contributed by atoms with E-state index in [9.17, 15) is 18.4 Å². The molecule has 2 aromatic carbocycles. The van der Waals surface area contributed by atoms with Crippen LogP contribution in [0.2, 0.25) is 0 Å². The van der Waals surface area contributed by atoms with E-state index in [1.54, 1.807) is 18.2 Å². The second-order valence-electron chi connectivity index (χ2n) is 6.79. The van der Waals surface area contributed by atoms with Crippen LogP contribution in [0.1, 0.15) is 37.7 Å². The molecule has 0 amide bonds. The Kier molecular flexibility index (Phi) is 6.22. The van der Waals surface area contributed by atoms with Crippen LogP contribution in [0, 0.1) is 25.5 Å². The lowest BCUT2D eigenvalue weighted by Crippen LogP contribution is -2.16. The number of ketones is 1. The molecule has 0 fully saturated rings. The van der Waals surface area contributed by atoms with Crippen molar-refractivity contribution < 1.29 is 23.1 Å². The summed E-state index contributed by atoms with van der Waals surface area (Å²) in [5, 5.41) is 0. The van der Waals surface area contributed by atoms with E-state index < -0.39 is 18.4 Å². The highest BCUT2D eigenvalue weighted by molar-refractivity contribution is 6.00. The standard InChI is InChI=1S/C23H21F2NO3/c1-15-13-20(16(2)26(15)12-11-17-7-9-18(24)10-8-17)22(27)14-29-23(28)19-5-3-4-6-21(19)25/h3-10,13H,11-12,14H2,1-2H3. The van der Waals surface area contributed by atoms with Crippen LogP contribution < -0.4 is 0 Å². The number of nitrogens with zero attached hydrogens (tertiary/aromatic N) is 1. The summed E-state index contributed by atoms with van der Waals surface area (Å²) in [6.07, 6.45) is 0.687. The van der Waals surface area contributed by atoms with Crippen molar-refractivity contribution in [2.24, 2.45) is 0 Å². The number of benzene rings is 2. The third kappa shape index (κ3) is 4.77. The van der Waals surface area contributed by atoms with E-state index in [1.807, 2.05) is 18.4 Å². The van der Waals surface area contributed by atoms with Crippen molar-refractivity contribution >= 4 is 11.8 Å². The average Bonchev–Trinajstić information content (AvgIpc) is 2.99. The summed E-state index contributed by atoms with van der Waals surface area (Å²) in [7, 11) is 0. The minimum atomic E-state index is -0.874. The molecule has 0 atom stereocenters. The lowest BCUT2D eigenvalue weighted by Gasteiger charge is -2.10. The number of hydrogen-bond donors (Lipinski definition) is 0. The van der Waals surface area contributed by atoms with Gasteiger partial charge in [-0.05, 0) is 56.2 Å². The van der Waals surface area contributed by atoms with Gasteiger partial charge in [-0.15, -0.1) is 0 Å². The van der Waals surface area contributed by atoms with Gasteiger partial charge >= 0.3 is 5.97 Å². The Morgan fingerprint density at radius 1 is 0.966 bits per heavy atom. The van der Waals surface area contributed by atoms with Gasteiger partial charge < -0.3 is 9.30 Å². The molecule has 4 nitrogen and oxygen atoms in total. The van der Waals surface area contributed by atoms with Gasteiger partial charge in [-0.25, -0.2) is 13.6 Å². The normalized spacial score (nSPS) is 10.8. The predicted molar refractivity (Wildman–Crippen MR) is 105 cm³/mol. The van der Waals surface area contributed by atoms with Gasteiger partial charge in [0.25, 0.3) is 0 Å². The molecule has 6 heteroatoms. The Balaban J connectivity index is 1.65. The van der Waals surface area contributed by atoms with Gasteiger partial charge in [0.1, 0.15) is 11.6 Å². The fourth-order valence-electron chi connectivity index (χ4n) is 3.23. The maximum Gasteiger partial charge on any atom is 0.341 e. The second-order valence-corrected chi connectivity index (χ2v) is 6.79. The summed E-state index contributed by atoms with van der Waals surface area (Å²) < 4.78 is 33.7. The Bertz CT molecular complexity index is 1040. The van der Waals surface area contributed by atoms with Gasteiger partial charge in [0.2, 0.25) is 5.78 Å². The zero-order valence-corrected chi connectivity index (χ0v) is 16.2. The molecule has 3 aromatic rings. The first-order valence-electron chi connectivity index (χ1n) is 9.23. The first-order chi connectivity index (χ1) is 13.9. The molecule has 0 bridgehead atoms. The van der Waals surface area contributed by atoms with Crippen molar-refractivity contribution in [3.8, 4) is 0 Å². The number of aromatic nitrogens is 1. The van der Waals surface area contributed by atoms with Crippen molar-refractivity contribution in [2.45, 2.75) is 26.8 Å². The van der Waals surface area contributed by atoms with E-state index in [4.69, 9.17) is 4.74 Å². The third-order valence-corrected chi connectivity index (χ3v) is 4.84. The first kappa shape index (κ1) is 20.5. The van der Waals surface area contributed by atoms with Gasteiger partial charge in [0.15, 0.2) is 6.61 Å². The van der Waals surface area contributed by atoms with Crippen molar-refractivity contribution in [1.29, 1.82) is 0 Å². The number of esters is 1. The zero-order chi connectivity index (χ0) is 21.0. The number of carbonyl (C=O) groups excluding carboxylic acids is 2. The minimum absolute atomic E-state index is 0.204. The molecule has 0 N–H and O–H groups in total. The van der Waals surface area contributed by atoms with Gasteiger partial charge in [-0.3, -0.25) is 4.79 Å². The van der Waals surface area contributed by atoms with Crippen LogP contribution in [-0.4, -0.2) is 22.9 Å². The number of aryl methyl sites for hydroxylation is 2. The van der Waals surface area contributed by atoms with Crippen LogP contribution >= 0.6 is 0 Å². The molecular formula is C23H21F2NO3. The summed E-state index contributed by atoms with van der Waals surface area (Å²) in [6.45, 7) is 3.88. The Labute approximate surface area is 167 Å². The summed E-state index contributed by atoms with van der Waals surface area (Å²) in [5.74, 6) is -2.19. The minimum Gasteiger partial charge on any atom is -0.454 e. The van der Waals surface area contributed by atoms with E-state index in [0.29, 0.717) is 18.5 Å². The molecule has 0 aliphatic rings. The molecule has 29 heavy (non-hydrogen) atoms. The number of halogens is 2. The molecule has 0 aliphatic heterocycles. The Morgan fingerprint density at radius 3 is 2.34 bits per heavy atom. The lowest BCUT2D eigenvalue weighted by molar-refractivity contribution is 0.0470. The highest BCUT2D eigenvalue weighted by atomic mass is 19.1. The molecule has 1 heterocycles. The molecule has 0 saturated heterocycles. The largest absolute Gasteiger partial charge is 0.454 e. The van der Waals surface area contributed by atoms with Crippen molar-refractivity contribution in [3.05, 3.63) is 94.3 Å². The van der Waals surface area contributed by atoms with Crippen LogP contribution in [0.4, 0.5) is 8.78 Å². The number of hydrogen-bond acceptors (Lipinski definition) is 3. The number of carbonyl (C=O) groups is 2. The van der Waals surface area contributed by atoms with Gasteiger partial charge in [-0.1, -0.05) is 24.3 Å². The van der Waals surface area contributed by atoms with Crippen LogP contribution in [0.3, 0.4) is 0 Å². The number of ether oxygens (including phenoxy) is 1. The fraction of sp³-hybridized carbons (Fsp3) is 0.217. The van der Waals surface area contributed by atoms with E-state index in [-0.39, 0.29) is 17.2 Å². The van der Waals surface area contributed by atoms with E-state index in [0.717, 1.165) is 23.0 Å². The van der Waals surface area contributed by atoms with Crippen molar-refractivity contribution in [1.82, 2.24) is 4.57 Å². The second kappa shape index (κ2) is 8.82. The topological polar surface area (TPSA) is 48.3 Å². The molecule has 1 aromatic heterocycles. The predicted octanol–water partition coefficient (Wildman–Crippen LogP) is 4.67. The highest BCUT2D eigenvalue weighted by Crippen LogP contribution is 2.18. The van der Waals surface area contributed by atoms with Crippen LogP contribution in [-0.2, 0) is 17.7 Å². The third-order valence-electron chi connectivity index (χ3n) is 4.84. The van der Waals surface area contributed by atoms with Gasteiger partial charge in [0, 0.05) is 23.5 Å². The lowest BCUT2D eigenvalue weighted by atomic mass is 10.1. The molecule has 0 unspecified atom stereocenters. The molecule has 0 spiro atoms. The van der Waals surface area contributed by atoms with Crippen molar-refractivity contribution in [2.75, 3.05) is 6.61 Å². The molecule has 150 valence electrons. The summed E-state index contributed by atoms with van der Waals surface area (Å²) in [4.78, 5) is 24.5. The molecule has 0 saturated carbocycles. The van der Waals surface area contributed by atoms with E-state index in [1.165, 1.54) is 30.3 Å². The summed E-state index contributed by atoms with van der Waals surface area (Å²) in [6, 6.07) is 13.5. The Morgan fingerprint density at radius 2 is 1.66 bits per heavy atom. The smallest absolute Gasteiger partial charge is 0.341 e. The maximum absolute atomic E-state index is 13.6. The molecule has 0 aliphatic carbocycles. The van der Waals surface area contributed by atoms with Gasteiger partial charge in [0.05, 0.1) is 5.56 Å². The monoisotopic (exact) mass is 397 g/mol. The quantitative estimate of drug-likeness (QED) is 0.430. The zero-order valence-electron chi connectivity index (χ0n) is 16.2. The van der Waals surface area contributed by atoms with Crippen LogP contribution in [0.5, 0.6) is 0 Å². The molecule has 0 radical (unpaired) electrons. The van der Waals surface area contributed by atoms with Crippen LogP contribution in [0.25, 0.3) is 0 Å². The van der Waals surface area contributed by atoms with Crippen LogP contribution in [0.15, 0.2) is 54.6 Å². The summed E-state index contributed by atoms with van der Waals surface area (Å²) >= 11 is 0. The number of rotatable bonds is 7. The average molecular weight is 397 g/mol. The molecule has 3 rings (SSSR count). The van der Waals surface area contributed by atoms with Crippen molar-refractivity contribution in [3.63, 3.8) is 0 Å². The van der Waals surface area contributed by atoms with E-state index >= 15 is 0 Å². The van der Waals surface area contributed by atoms with Gasteiger partial charge in [-0.2, -0.15) is 0 Å². The highest BCUT2D eigenvalue weighted by Gasteiger charge is 2.19. The fourth-order valence-corrected chi connectivity index (χ4v) is 3.23. The summed E-state index contributed by atoms with van der Waals surface area (Å²) in [5.41, 5.74) is 2.91. The Hall–Kier alpha value is -3.28. The van der Waals surface area contributed by atoms with E-state index in [2.05, 4.69) is 0 Å². The molecular weight excluding hydrogens is 376 g/mol. The SMILES string of the molecule is Cc1cc(C(=O)COC(=O)c2ccccc2F)c(C)n1CCc1ccc(F)cc1.